The van der Waals surface area contributed by atoms with Crippen LogP contribution >= 0.6 is 0 Å². The molecule has 13 aromatic rings. The molecule has 0 aliphatic heterocycles. The maximum atomic E-state index is 5.68. The Bertz CT molecular complexity index is 3700. The van der Waals surface area contributed by atoms with Gasteiger partial charge in [-0.1, -0.05) is 0 Å². The van der Waals surface area contributed by atoms with Crippen LogP contribution in [-0.4, -0.2) is 59.8 Å². The van der Waals surface area contributed by atoms with Crippen molar-refractivity contribution in [2.45, 2.75) is 41.5 Å². The van der Waals surface area contributed by atoms with Gasteiger partial charge < -0.3 is 0 Å². The number of nitrogens with zero attached hydrogens (tertiary/aromatic N) is 12. The smallest absolute Gasteiger partial charge is 0.120 e. The molecule has 0 saturated heterocycles. The topological polar surface area (TPSA) is 155 Å². The van der Waals surface area contributed by atoms with Gasteiger partial charge in [0.15, 0.2) is 0 Å². The van der Waals surface area contributed by atoms with E-state index in [1.54, 1.807) is 0 Å². The number of rotatable bonds is 6. The van der Waals surface area contributed by atoms with Gasteiger partial charge in [0.1, 0.15) is 33.1 Å². The van der Waals surface area contributed by atoms with Crippen molar-refractivity contribution in [3.63, 3.8) is 0 Å². The van der Waals surface area contributed by atoms with Gasteiger partial charge >= 0.3 is 0 Å². The van der Waals surface area contributed by atoms with E-state index in [1.807, 2.05) is 73.6 Å². The van der Waals surface area contributed by atoms with Gasteiger partial charge in [-0.05, 0) is 184 Å². The van der Waals surface area contributed by atoms with Crippen molar-refractivity contribution in [2.24, 2.45) is 0 Å². The van der Waals surface area contributed by atoms with Crippen LogP contribution in [0.3, 0.4) is 0 Å². The van der Waals surface area contributed by atoms with E-state index in [-0.39, 0.29) is 50.3 Å². The van der Waals surface area contributed by atoms with Crippen molar-refractivity contribution < 1.29 is 50.3 Å². The molecule has 75 heavy (non-hydrogen) atoms. The average molecular weight is 1110 g/mol. The van der Waals surface area contributed by atoms with Crippen LogP contribution in [-0.2, 0) is 50.3 Å². The molecule has 3 radical (unpaired) electrons. The molecule has 0 amide bonds. The van der Waals surface area contributed by atoms with Crippen LogP contribution in [0, 0.1) is 41.5 Å². The van der Waals surface area contributed by atoms with Gasteiger partial charge in [0.2, 0.25) is 0 Å². The van der Waals surface area contributed by atoms with Crippen LogP contribution < -0.4 is 0 Å². The van der Waals surface area contributed by atoms with Crippen LogP contribution in [0.15, 0.2) is 146 Å². The Labute approximate surface area is 462 Å². The molecule has 0 aliphatic rings. The van der Waals surface area contributed by atoms with E-state index in [1.165, 1.54) is 0 Å². The first-order chi connectivity index (χ1) is 35.1. The maximum Gasteiger partial charge on any atom is 0.120 e. The van der Waals surface area contributed by atoms with Gasteiger partial charge in [-0.25, -0.2) is 29.9 Å². The van der Waals surface area contributed by atoms with Gasteiger partial charge in [-0.15, -0.1) is 0 Å². The van der Waals surface area contributed by atoms with Crippen molar-refractivity contribution >= 4 is 66.2 Å². The number of benzene rings is 4. The second-order valence-corrected chi connectivity index (χ2v) is 18.6. The summed E-state index contributed by atoms with van der Waals surface area (Å²) < 4.78 is 0. The summed E-state index contributed by atoms with van der Waals surface area (Å²) in [5.74, 6) is 0. The summed E-state index contributed by atoms with van der Waals surface area (Å²) in [5, 5.41) is 0. The number of hydrogen-bond acceptors (Lipinski definition) is 12. The fraction of sp³-hybridized carbons (Fsp3) is 0.100. The number of aromatic nitrogens is 12. The van der Waals surface area contributed by atoms with Crippen molar-refractivity contribution in [1.29, 1.82) is 0 Å². The Morgan fingerprint density at radius 2 is 0.347 bits per heavy atom. The Hall–Kier alpha value is -7.90. The first-order valence-electron chi connectivity index (χ1n) is 23.8. The fourth-order valence-corrected chi connectivity index (χ4v) is 9.74. The van der Waals surface area contributed by atoms with Gasteiger partial charge in [0, 0.05) is 121 Å². The molecule has 0 bridgehead atoms. The van der Waals surface area contributed by atoms with E-state index in [2.05, 4.69) is 114 Å². The normalized spacial score (nSPS) is 11.3. The molecule has 0 fully saturated rings. The van der Waals surface area contributed by atoms with Crippen LogP contribution in [0.5, 0.6) is 0 Å². The molecule has 0 saturated carbocycles. The minimum Gasteiger partial charge on any atom is -0.256 e. The summed E-state index contributed by atoms with van der Waals surface area (Å²) in [6.45, 7) is 12.4. The molecule has 0 N–H and O–H groups in total. The zero-order valence-electron chi connectivity index (χ0n) is 41.2. The zero-order chi connectivity index (χ0) is 48.8. The van der Waals surface area contributed by atoms with Crippen LogP contribution in [0.1, 0.15) is 33.4 Å². The van der Waals surface area contributed by atoms with Crippen molar-refractivity contribution in [2.75, 3.05) is 0 Å². The van der Waals surface area contributed by atoms with Gasteiger partial charge in [-0.3, -0.25) is 29.9 Å². The molecule has 15 heteroatoms. The fourth-order valence-electron chi connectivity index (χ4n) is 9.74. The molecule has 0 spiro atoms. The van der Waals surface area contributed by atoms with Gasteiger partial charge in [0.05, 0.1) is 67.3 Å². The number of aryl methyl sites for hydroxylation is 6. The zero-order valence-corrected chi connectivity index (χ0v) is 44.3. The van der Waals surface area contributed by atoms with E-state index in [4.69, 9.17) is 59.8 Å². The first kappa shape index (κ1) is 50.6. The minimum atomic E-state index is 0. The predicted octanol–water partition coefficient (Wildman–Crippen LogP) is 13.2. The van der Waals surface area contributed by atoms with E-state index < -0.39 is 0 Å². The molecule has 9 heterocycles. The quantitative estimate of drug-likeness (QED) is 0.115. The third kappa shape index (κ3) is 8.86. The third-order valence-electron chi connectivity index (χ3n) is 13.3. The molecule has 0 unspecified atom stereocenters. The monoisotopic (exact) mass is 1110 g/mol. The second-order valence-electron chi connectivity index (χ2n) is 18.6. The van der Waals surface area contributed by atoms with Crippen LogP contribution in [0.4, 0.5) is 0 Å². The SMILES string of the molecule is Cc1ccnc(-c2ccc(-c3cc(C)ccn3)c3nc4c(nc23)c2nc3c(-c5cc(C)ccn5)ccc(-c5cc(C)ccn5)c3nc2c2nc3c(-c5cc(C)ccn5)ccc(-c5cc(C)ccn5)c3nc42)c1.[Co].[Co].[Co]. The largest absolute Gasteiger partial charge is 0.256 e. The number of pyridine rings is 6. The molecule has 369 valence electrons. The molecule has 9 aromatic heterocycles. The first-order valence-corrected chi connectivity index (χ1v) is 23.8. The Morgan fingerprint density at radius 1 is 0.200 bits per heavy atom. The third-order valence-corrected chi connectivity index (χ3v) is 13.3. The minimum absolute atomic E-state index is 0. The molecule has 13 rings (SSSR count). The summed E-state index contributed by atoms with van der Waals surface area (Å²) in [5.41, 5.74) is 22.7. The summed E-state index contributed by atoms with van der Waals surface area (Å²) >= 11 is 0. The van der Waals surface area contributed by atoms with Crippen molar-refractivity contribution in [3.05, 3.63) is 180 Å². The predicted molar refractivity (Wildman–Crippen MR) is 286 cm³/mol. The van der Waals surface area contributed by atoms with Crippen LogP contribution in [0.2, 0.25) is 0 Å². The molecular weight excluding hydrogens is 1070 g/mol. The summed E-state index contributed by atoms with van der Waals surface area (Å²) in [6.07, 6.45) is 10.9. The average Bonchev–Trinajstić information content (AvgIpc) is 3.40. The van der Waals surface area contributed by atoms with E-state index in [0.29, 0.717) is 66.2 Å². The molecular formula is C60H42Co3N12. The van der Waals surface area contributed by atoms with E-state index >= 15 is 0 Å². The summed E-state index contributed by atoms with van der Waals surface area (Å²) in [7, 11) is 0. The maximum absolute atomic E-state index is 5.68. The van der Waals surface area contributed by atoms with E-state index in [0.717, 1.165) is 101 Å². The molecule has 0 atom stereocenters. The molecule has 4 aromatic carbocycles. The summed E-state index contributed by atoms with van der Waals surface area (Å²) in [4.78, 5) is 63.3. The number of hydrogen-bond donors (Lipinski definition) is 0. The van der Waals surface area contributed by atoms with Crippen LogP contribution in [0.25, 0.3) is 134 Å². The Morgan fingerprint density at radius 3 is 0.480 bits per heavy atom. The Kier molecular flexibility index (Phi) is 13.6. The standard InChI is InChI=1S/C60H42N12.3Co/c1-31-13-19-61-43(25-31)37-7-8-38(44-26-32(2)14-20-62-44)50-49(37)67-55-56(68-50)58-60(72-54-42(48-30-36(6)18-24-66-48)12-11-41(53(54)70-58)47-29-35(5)17-23-65-47)59-57(55)69-51-39(45-27-33(3)15-21-63-45)9-10-40(52(51)71-59)46-28-34(4)16-22-64-46;;;/h7-30H,1-6H3;;;. The van der Waals surface area contributed by atoms with E-state index in [9.17, 15) is 0 Å². The van der Waals surface area contributed by atoms with Gasteiger partial charge in [0.25, 0.3) is 0 Å². The van der Waals surface area contributed by atoms with Crippen molar-refractivity contribution in [1.82, 2.24) is 59.8 Å². The second kappa shape index (κ2) is 20.1. The number of fused-ring (bicyclic) bond motifs is 9. The molecule has 12 nitrogen and oxygen atoms in total. The Balaban J connectivity index is 0.00000214. The van der Waals surface area contributed by atoms with Crippen molar-refractivity contribution in [3.8, 4) is 67.5 Å². The summed E-state index contributed by atoms with van der Waals surface area (Å²) in [6, 6.07) is 36.7. The van der Waals surface area contributed by atoms with Gasteiger partial charge in [-0.2, -0.15) is 0 Å². The molecule has 0 aliphatic carbocycles.